The number of hydrogen-bond donors (Lipinski definition) is 1. The van der Waals surface area contributed by atoms with E-state index in [1.54, 1.807) is 14.2 Å². The summed E-state index contributed by atoms with van der Waals surface area (Å²) in [6.07, 6.45) is 1.58. The Morgan fingerprint density at radius 3 is 2.62 bits per heavy atom. The van der Waals surface area contributed by atoms with Crippen molar-refractivity contribution in [1.29, 1.82) is 0 Å². The number of hydrogen-bond acceptors (Lipinski definition) is 4. The smallest absolute Gasteiger partial charge is 0.223 e. The van der Waals surface area contributed by atoms with Gasteiger partial charge < -0.3 is 14.8 Å². The highest BCUT2D eigenvalue weighted by atomic mass is 16.5. The van der Waals surface area contributed by atoms with Crippen LogP contribution in [0.1, 0.15) is 27.9 Å². The molecular weight excluding hydrogens is 330 g/mol. The highest BCUT2D eigenvalue weighted by Gasteiger charge is 2.29. The Labute approximate surface area is 153 Å². The van der Waals surface area contributed by atoms with Crippen LogP contribution in [0.4, 0.5) is 0 Å². The molecule has 1 atom stereocenters. The number of carbonyl (C=O) groups excluding carboxylic acids is 2. The highest BCUT2D eigenvalue weighted by molar-refractivity contribution is 6.01. The van der Waals surface area contributed by atoms with Crippen LogP contribution in [0.5, 0.6) is 11.5 Å². The second-order valence-electron chi connectivity index (χ2n) is 6.42. The summed E-state index contributed by atoms with van der Waals surface area (Å²) in [6, 6.07) is 13.2. The molecule has 1 unspecified atom stereocenters. The first-order valence-corrected chi connectivity index (χ1v) is 8.72. The quantitative estimate of drug-likeness (QED) is 0.867. The zero-order valence-electron chi connectivity index (χ0n) is 15.1. The fraction of sp³-hybridized carbons (Fsp3) is 0.333. The molecule has 5 nitrogen and oxygen atoms in total. The lowest BCUT2D eigenvalue weighted by Crippen LogP contribution is -2.36. The summed E-state index contributed by atoms with van der Waals surface area (Å²) in [5.41, 5.74) is 2.76. The van der Waals surface area contributed by atoms with Crippen molar-refractivity contribution in [2.24, 2.45) is 5.92 Å². The molecule has 2 aromatic rings. The SMILES string of the molecule is COc1ccc(CCNC(=O)C2CC(=O)c3ccccc3C2)cc1OC. The fourth-order valence-electron chi connectivity index (χ4n) is 3.34. The van der Waals surface area contributed by atoms with Crippen LogP contribution in [0.3, 0.4) is 0 Å². The van der Waals surface area contributed by atoms with Gasteiger partial charge in [0.15, 0.2) is 17.3 Å². The highest BCUT2D eigenvalue weighted by Crippen LogP contribution is 2.28. The maximum Gasteiger partial charge on any atom is 0.223 e. The van der Waals surface area contributed by atoms with Crippen LogP contribution >= 0.6 is 0 Å². The van der Waals surface area contributed by atoms with E-state index in [0.29, 0.717) is 30.9 Å². The van der Waals surface area contributed by atoms with Gasteiger partial charge in [-0.1, -0.05) is 30.3 Å². The molecule has 0 aromatic heterocycles. The first-order chi connectivity index (χ1) is 12.6. The van der Waals surface area contributed by atoms with E-state index in [1.165, 1.54) is 0 Å². The maximum absolute atomic E-state index is 12.5. The molecule has 5 heteroatoms. The Balaban J connectivity index is 1.56. The van der Waals surface area contributed by atoms with Crippen LogP contribution in [0.15, 0.2) is 42.5 Å². The van der Waals surface area contributed by atoms with E-state index in [-0.39, 0.29) is 24.0 Å². The third-order valence-corrected chi connectivity index (χ3v) is 4.75. The minimum Gasteiger partial charge on any atom is -0.493 e. The molecule has 1 amide bonds. The summed E-state index contributed by atoms with van der Waals surface area (Å²) in [6.45, 7) is 0.515. The predicted octanol–water partition coefficient (Wildman–Crippen LogP) is 2.81. The molecule has 0 radical (unpaired) electrons. The third-order valence-electron chi connectivity index (χ3n) is 4.75. The van der Waals surface area contributed by atoms with Gasteiger partial charge in [0.05, 0.1) is 14.2 Å². The zero-order chi connectivity index (χ0) is 18.5. The van der Waals surface area contributed by atoms with Gasteiger partial charge in [-0.2, -0.15) is 0 Å². The van der Waals surface area contributed by atoms with Crippen LogP contribution in [-0.4, -0.2) is 32.5 Å². The largest absolute Gasteiger partial charge is 0.493 e. The monoisotopic (exact) mass is 353 g/mol. The first-order valence-electron chi connectivity index (χ1n) is 8.72. The molecule has 0 saturated carbocycles. The molecule has 0 bridgehead atoms. The molecular formula is C21H23NO4. The molecule has 3 rings (SSSR count). The Kier molecular flexibility index (Phi) is 5.56. The number of Topliss-reactive ketones (excluding diaryl/α,β-unsaturated/α-hetero) is 1. The second-order valence-corrected chi connectivity index (χ2v) is 6.42. The van der Waals surface area contributed by atoms with Crippen molar-refractivity contribution in [3.05, 3.63) is 59.2 Å². The Morgan fingerprint density at radius 1 is 1.08 bits per heavy atom. The summed E-state index contributed by atoms with van der Waals surface area (Å²) in [4.78, 5) is 24.7. The summed E-state index contributed by atoms with van der Waals surface area (Å²) in [7, 11) is 3.20. The van der Waals surface area contributed by atoms with E-state index < -0.39 is 0 Å². The van der Waals surface area contributed by atoms with Gasteiger partial charge in [-0.05, 0) is 36.1 Å². The number of benzene rings is 2. The lowest BCUT2D eigenvalue weighted by molar-refractivity contribution is -0.125. The molecule has 0 aliphatic heterocycles. The predicted molar refractivity (Wildman–Crippen MR) is 98.8 cm³/mol. The average Bonchev–Trinajstić information content (AvgIpc) is 2.67. The van der Waals surface area contributed by atoms with Crippen molar-refractivity contribution in [2.45, 2.75) is 19.3 Å². The number of rotatable bonds is 6. The van der Waals surface area contributed by atoms with Crippen molar-refractivity contribution in [1.82, 2.24) is 5.32 Å². The van der Waals surface area contributed by atoms with Crippen LogP contribution in [0.2, 0.25) is 0 Å². The number of ether oxygens (including phenoxy) is 2. The molecule has 0 heterocycles. The van der Waals surface area contributed by atoms with E-state index in [0.717, 1.165) is 16.7 Å². The van der Waals surface area contributed by atoms with E-state index in [9.17, 15) is 9.59 Å². The van der Waals surface area contributed by atoms with E-state index >= 15 is 0 Å². The molecule has 26 heavy (non-hydrogen) atoms. The van der Waals surface area contributed by atoms with Crippen molar-refractivity contribution in [3.63, 3.8) is 0 Å². The molecule has 1 aliphatic carbocycles. The minimum absolute atomic E-state index is 0.0480. The van der Waals surface area contributed by atoms with Crippen molar-refractivity contribution >= 4 is 11.7 Å². The number of amides is 1. The molecule has 0 fully saturated rings. The number of fused-ring (bicyclic) bond motifs is 1. The molecule has 0 saturated heterocycles. The number of nitrogens with one attached hydrogen (secondary N) is 1. The van der Waals surface area contributed by atoms with E-state index in [2.05, 4.69) is 5.32 Å². The van der Waals surface area contributed by atoms with Gasteiger partial charge in [0.1, 0.15) is 0 Å². The fourth-order valence-corrected chi connectivity index (χ4v) is 3.34. The van der Waals surface area contributed by atoms with Gasteiger partial charge in [0, 0.05) is 24.4 Å². The summed E-state index contributed by atoms with van der Waals surface area (Å²) in [5, 5.41) is 2.96. The van der Waals surface area contributed by atoms with Crippen LogP contribution in [-0.2, 0) is 17.6 Å². The van der Waals surface area contributed by atoms with Gasteiger partial charge in [0.2, 0.25) is 5.91 Å². The van der Waals surface area contributed by atoms with Crippen molar-refractivity contribution < 1.29 is 19.1 Å². The van der Waals surface area contributed by atoms with Crippen LogP contribution in [0, 0.1) is 5.92 Å². The molecule has 136 valence electrons. The summed E-state index contributed by atoms with van der Waals surface area (Å²) in [5.74, 6) is 1.05. The Bertz CT molecular complexity index is 815. The maximum atomic E-state index is 12.5. The van der Waals surface area contributed by atoms with E-state index in [1.807, 2.05) is 42.5 Å². The zero-order valence-corrected chi connectivity index (χ0v) is 15.1. The topological polar surface area (TPSA) is 64.6 Å². The number of carbonyl (C=O) groups is 2. The summed E-state index contributed by atoms with van der Waals surface area (Å²) < 4.78 is 10.5. The van der Waals surface area contributed by atoms with Crippen LogP contribution < -0.4 is 14.8 Å². The minimum atomic E-state index is -0.289. The van der Waals surface area contributed by atoms with Gasteiger partial charge >= 0.3 is 0 Å². The Hall–Kier alpha value is -2.82. The van der Waals surface area contributed by atoms with Crippen molar-refractivity contribution in [2.75, 3.05) is 20.8 Å². The third kappa shape index (κ3) is 3.87. The van der Waals surface area contributed by atoms with Gasteiger partial charge in [-0.25, -0.2) is 0 Å². The molecule has 1 aliphatic rings. The number of ketones is 1. The van der Waals surface area contributed by atoms with Crippen molar-refractivity contribution in [3.8, 4) is 11.5 Å². The van der Waals surface area contributed by atoms with E-state index in [4.69, 9.17) is 9.47 Å². The Morgan fingerprint density at radius 2 is 1.85 bits per heavy atom. The lowest BCUT2D eigenvalue weighted by atomic mass is 9.82. The molecule has 2 aromatic carbocycles. The van der Waals surface area contributed by atoms with Gasteiger partial charge in [0.25, 0.3) is 0 Å². The number of methoxy groups -OCH3 is 2. The normalized spacial score (nSPS) is 15.9. The second kappa shape index (κ2) is 8.04. The standard InChI is InChI=1S/C21H23NO4/c1-25-19-8-7-14(11-20(19)26-2)9-10-22-21(24)16-12-15-5-3-4-6-17(15)18(23)13-16/h3-8,11,16H,9-10,12-13H2,1-2H3,(H,22,24). The van der Waals surface area contributed by atoms with Crippen LogP contribution in [0.25, 0.3) is 0 Å². The first kappa shape index (κ1) is 18.0. The lowest BCUT2D eigenvalue weighted by Gasteiger charge is -2.22. The average molecular weight is 353 g/mol. The molecule has 1 N–H and O–H groups in total. The summed E-state index contributed by atoms with van der Waals surface area (Å²) >= 11 is 0. The van der Waals surface area contributed by atoms with Gasteiger partial charge in [-0.15, -0.1) is 0 Å². The van der Waals surface area contributed by atoms with Gasteiger partial charge in [-0.3, -0.25) is 9.59 Å². The molecule has 0 spiro atoms.